The van der Waals surface area contributed by atoms with Gasteiger partial charge in [0.2, 0.25) is 5.91 Å². The number of aromatic nitrogens is 3. The molecule has 3 aromatic rings. The Morgan fingerprint density at radius 2 is 1.75 bits per heavy atom. The molecular weight excluding hydrogens is 481 g/mol. The minimum atomic E-state index is -0.351. The second-order valence-corrected chi connectivity index (χ2v) is 9.25. The van der Waals surface area contributed by atoms with E-state index >= 15 is 0 Å². The van der Waals surface area contributed by atoms with Crippen molar-refractivity contribution in [2.75, 3.05) is 43.9 Å². The van der Waals surface area contributed by atoms with Gasteiger partial charge in [-0.05, 0) is 55.5 Å². The van der Waals surface area contributed by atoms with Gasteiger partial charge in [-0.1, -0.05) is 17.8 Å². The van der Waals surface area contributed by atoms with Crippen molar-refractivity contribution in [3.05, 3.63) is 72.8 Å². The van der Waals surface area contributed by atoms with Crippen molar-refractivity contribution in [1.29, 1.82) is 0 Å². The molecule has 1 atom stereocenters. The number of methoxy groups -OCH3 is 1. The number of carbonyl (C=O) groups is 1. The van der Waals surface area contributed by atoms with E-state index in [0.717, 1.165) is 11.4 Å². The van der Waals surface area contributed by atoms with Gasteiger partial charge in [-0.25, -0.2) is 4.39 Å². The molecule has 1 saturated heterocycles. The van der Waals surface area contributed by atoms with E-state index in [4.69, 9.17) is 9.47 Å². The van der Waals surface area contributed by atoms with Gasteiger partial charge in [0.05, 0.1) is 12.9 Å². The van der Waals surface area contributed by atoms with Crippen LogP contribution in [0.1, 0.15) is 18.9 Å². The number of thioether (sulfide) groups is 1. The average molecular weight is 512 g/mol. The van der Waals surface area contributed by atoms with Crippen LogP contribution in [0.15, 0.2) is 66.3 Å². The van der Waals surface area contributed by atoms with Gasteiger partial charge in [0.15, 0.2) is 17.1 Å². The maximum absolute atomic E-state index is 13.2. The fourth-order valence-corrected chi connectivity index (χ4v) is 4.86. The highest BCUT2D eigenvalue weighted by Crippen LogP contribution is 2.26. The summed E-state index contributed by atoms with van der Waals surface area (Å²) >= 11 is 1.36. The Morgan fingerprint density at radius 3 is 2.39 bits per heavy atom. The summed E-state index contributed by atoms with van der Waals surface area (Å²) in [5.41, 5.74) is 0.967. The molecule has 1 aliphatic heterocycles. The van der Waals surface area contributed by atoms with Crippen LogP contribution in [0, 0.1) is 5.82 Å². The second kappa shape index (κ2) is 11.9. The Morgan fingerprint density at radius 1 is 1.08 bits per heavy atom. The SMILES string of the molecule is C=CCn1c(SCC(=O)N2CCN(c3ccc(F)cc3)CC2)nnc1C(C)Oc1ccc(OC)cc1. The fourth-order valence-electron chi connectivity index (χ4n) is 4.00. The summed E-state index contributed by atoms with van der Waals surface area (Å²) < 4.78 is 26.4. The summed E-state index contributed by atoms with van der Waals surface area (Å²) in [5.74, 6) is 2.17. The summed E-state index contributed by atoms with van der Waals surface area (Å²) in [6, 6.07) is 13.8. The topological polar surface area (TPSA) is 72.7 Å². The lowest BCUT2D eigenvalue weighted by Gasteiger charge is -2.36. The molecule has 1 aliphatic rings. The van der Waals surface area contributed by atoms with E-state index in [0.29, 0.717) is 49.5 Å². The van der Waals surface area contributed by atoms with E-state index in [9.17, 15) is 9.18 Å². The minimum Gasteiger partial charge on any atom is -0.497 e. The summed E-state index contributed by atoms with van der Waals surface area (Å²) in [6.45, 7) is 8.91. The molecule has 4 rings (SSSR count). The number of amides is 1. The molecule has 8 nitrogen and oxygen atoms in total. The van der Waals surface area contributed by atoms with Crippen LogP contribution in [0.3, 0.4) is 0 Å². The van der Waals surface area contributed by atoms with Crippen LogP contribution in [0.25, 0.3) is 0 Å². The first-order valence-corrected chi connectivity index (χ1v) is 12.7. The van der Waals surface area contributed by atoms with Gasteiger partial charge in [0.1, 0.15) is 17.3 Å². The monoisotopic (exact) mass is 511 g/mol. The van der Waals surface area contributed by atoms with Gasteiger partial charge >= 0.3 is 0 Å². The largest absolute Gasteiger partial charge is 0.497 e. The predicted octanol–water partition coefficient (Wildman–Crippen LogP) is 4.19. The highest BCUT2D eigenvalue weighted by atomic mass is 32.2. The third kappa shape index (κ3) is 6.17. The van der Waals surface area contributed by atoms with Crippen molar-refractivity contribution in [2.45, 2.75) is 24.7 Å². The lowest BCUT2D eigenvalue weighted by atomic mass is 10.2. The maximum atomic E-state index is 13.2. The number of anilines is 1. The lowest BCUT2D eigenvalue weighted by Crippen LogP contribution is -2.49. The van der Waals surface area contributed by atoms with Crippen LogP contribution >= 0.6 is 11.8 Å². The first-order chi connectivity index (χ1) is 17.5. The zero-order valence-electron chi connectivity index (χ0n) is 20.5. The van der Waals surface area contributed by atoms with Crippen LogP contribution in [0.4, 0.5) is 10.1 Å². The van der Waals surface area contributed by atoms with Crippen molar-refractivity contribution >= 4 is 23.4 Å². The Labute approximate surface area is 214 Å². The third-order valence-electron chi connectivity index (χ3n) is 5.94. The molecule has 0 spiro atoms. The van der Waals surface area contributed by atoms with Crippen LogP contribution in [-0.4, -0.2) is 64.6 Å². The van der Waals surface area contributed by atoms with Crippen molar-refractivity contribution < 1.29 is 18.7 Å². The predicted molar refractivity (Wildman–Crippen MR) is 138 cm³/mol. The van der Waals surface area contributed by atoms with Crippen molar-refractivity contribution in [3.63, 3.8) is 0 Å². The fraction of sp³-hybridized carbons (Fsp3) is 0.346. The normalized spacial score (nSPS) is 14.4. The van der Waals surface area contributed by atoms with E-state index in [1.165, 1.54) is 23.9 Å². The van der Waals surface area contributed by atoms with Gasteiger partial charge in [-0.3, -0.25) is 9.36 Å². The molecule has 1 aromatic heterocycles. The van der Waals surface area contributed by atoms with E-state index in [2.05, 4.69) is 21.7 Å². The van der Waals surface area contributed by atoms with Crippen LogP contribution in [-0.2, 0) is 11.3 Å². The number of allylic oxidation sites excluding steroid dienone is 1. The molecule has 1 unspecified atom stereocenters. The number of benzene rings is 2. The highest BCUT2D eigenvalue weighted by Gasteiger charge is 2.24. The van der Waals surface area contributed by atoms with Crippen molar-refractivity contribution in [2.24, 2.45) is 0 Å². The average Bonchev–Trinajstić information content (AvgIpc) is 3.31. The molecule has 0 radical (unpaired) electrons. The molecular formula is C26H30FN5O3S. The van der Waals surface area contributed by atoms with E-state index in [1.807, 2.05) is 40.7 Å². The Kier molecular flexibility index (Phi) is 8.48. The Balaban J connectivity index is 1.33. The number of hydrogen-bond acceptors (Lipinski definition) is 7. The summed E-state index contributed by atoms with van der Waals surface area (Å²) in [6.07, 6.45) is 1.42. The van der Waals surface area contributed by atoms with Crippen LogP contribution in [0.2, 0.25) is 0 Å². The summed E-state index contributed by atoms with van der Waals surface area (Å²) in [4.78, 5) is 16.9. The molecule has 190 valence electrons. The number of piperazine rings is 1. The zero-order chi connectivity index (χ0) is 25.5. The molecule has 2 aromatic carbocycles. The maximum Gasteiger partial charge on any atom is 0.233 e. The first-order valence-electron chi connectivity index (χ1n) is 11.7. The quantitative estimate of drug-likeness (QED) is 0.299. The van der Waals surface area contributed by atoms with E-state index in [1.54, 1.807) is 25.3 Å². The first kappa shape index (κ1) is 25.6. The van der Waals surface area contributed by atoms with Gasteiger partial charge in [-0.15, -0.1) is 16.8 Å². The molecule has 36 heavy (non-hydrogen) atoms. The highest BCUT2D eigenvalue weighted by molar-refractivity contribution is 7.99. The Bertz CT molecular complexity index is 1160. The molecule has 2 heterocycles. The molecule has 0 aliphatic carbocycles. The molecule has 0 saturated carbocycles. The standard InChI is InChI=1S/C26H30FN5O3S/c1-4-13-32-25(19(2)35-23-11-9-22(34-3)10-12-23)28-29-26(32)36-18-24(33)31-16-14-30(15-17-31)21-7-5-20(27)6-8-21/h4-12,19H,1,13-18H2,2-3H3. The van der Waals surface area contributed by atoms with E-state index in [-0.39, 0.29) is 23.6 Å². The number of ether oxygens (including phenoxy) is 2. The molecule has 10 heteroatoms. The van der Waals surface area contributed by atoms with Gasteiger partial charge < -0.3 is 19.3 Å². The number of halogens is 1. The molecule has 1 amide bonds. The number of hydrogen-bond donors (Lipinski definition) is 0. The summed E-state index contributed by atoms with van der Waals surface area (Å²) in [7, 11) is 1.62. The third-order valence-corrected chi connectivity index (χ3v) is 6.89. The number of carbonyl (C=O) groups excluding carboxylic acids is 1. The van der Waals surface area contributed by atoms with Crippen molar-refractivity contribution in [1.82, 2.24) is 19.7 Å². The second-order valence-electron chi connectivity index (χ2n) is 8.31. The molecule has 0 bridgehead atoms. The molecule has 1 fully saturated rings. The van der Waals surface area contributed by atoms with Crippen molar-refractivity contribution in [3.8, 4) is 11.5 Å². The lowest BCUT2D eigenvalue weighted by molar-refractivity contribution is -0.128. The van der Waals surface area contributed by atoms with Crippen LogP contribution in [0.5, 0.6) is 11.5 Å². The van der Waals surface area contributed by atoms with Crippen LogP contribution < -0.4 is 14.4 Å². The number of rotatable bonds is 10. The minimum absolute atomic E-state index is 0.0518. The zero-order valence-corrected chi connectivity index (χ0v) is 21.3. The Hall–Kier alpha value is -3.53. The number of nitrogens with zero attached hydrogens (tertiary/aromatic N) is 5. The smallest absolute Gasteiger partial charge is 0.233 e. The van der Waals surface area contributed by atoms with Gasteiger partial charge in [0, 0.05) is 38.4 Å². The van der Waals surface area contributed by atoms with Gasteiger partial charge in [0.25, 0.3) is 0 Å². The van der Waals surface area contributed by atoms with E-state index < -0.39 is 0 Å². The van der Waals surface area contributed by atoms with Gasteiger partial charge in [-0.2, -0.15) is 0 Å². The summed E-state index contributed by atoms with van der Waals surface area (Å²) in [5, 5.41) is 9.31. The molecule has 0 N–H and O–H groups in total.